The van der Waals surface area contributed by atoms with Crippen LogP contribution in [0.4, 0.5) is 0 Å². The van der Waals surface area contributed by atoms with E-state index in [4.69, 9.17) is 21.4 Å². The van der Waals surface area contributed by atoms with Crippen molar-refractivity contribution in [1.82, 2.24) is 4.90 Å². The first-order valence-corrected chi connectivity index (χ1v) is 6.13. The standard InChI is InChI=1S/C13H18ClNO3/c1-10-3-4-11(14)9-12(10)13(17)15(5-7-16)6-8-18-2/h3-4,9,16H,5-8H2,1-2H3. The van der Waals surface area contributed by atoms with Crippen molar-refractivity contribution < 1.29 is 14.6 Å². The van der Waals surface area contributed by atoms with Crippen LogP contribution in [-0.2, 0) is 4.74 Å². The van der Waals surface area contributed by atoms with Gasteiger partial charge in [-0.25, -0.2) is 0 Å². The second kappa shape index (κ2) is 7.36. The number of carbonyl (C=O) groups excluding carboxylic acids is 1. The zero-order valence-electron chi connectivity index (χ0n) is 10.6. The van der Waals surface area contributed by atoms with Crippen LogP contribution < -0.4 is 0 Å². The Labute approximate surface area is 112 Å². The molecule has 0 unspecified atom stereocenters. The minimum Gasteiger partial charge on any atom is -0.395 e. The molecule has 0 saturated carbocycles. The Hall–Kier alpha value is -1.10. The first-order valence-electron chi connectivity index (χ1n) is 5.75. The van der Waals surface area contributed by atoms with Crippen molar-refractivity contribution in [2.24, 2.45) is 0 Å². The smallest absolute Gasteiger partial charge is 0.254 e. The number of methoxy groups -OCH3 is 1. The molecule has 0 aliphatic carbocycles. The molecule has 0 spiro atoms. The number of aliphatic hydroxyl groups is 1. The zero-order chi connectivity index (χ0) is 13.5. The Bertz CT molecular complexity index is 409. The number of hydrogen-bond acceptors (Lipinski definition) is 3. The molecule has 1 aromatic carbocycles. The van der Waals surface area contributed by atoms with Gasteiger partial charge in [0.05, 0.1) is 13.2 Å². The summed E-state index contributed by atoms with van der Waals surface area (Å²) in [5.74, 6) is -0.138. The molecule has 100 valence electrons. The van der Waals surface area contributed by atoms with Gasteiger partial charge in [-0.15, -0.1) is 0 Å². The number of benzene rings is 1. The van der Waals surface area contributed by atoms with Crippen molar-refractivity contribution in [3.63, 3.8) is 0 Å². The van der Waals surface area contributed by atoms with Crippen molar-refractivity contribution in [2.75, 3.05) is 33.4 Å². The predicted octanol–water partition coefficient (Wildman–Crippen LogP) is 1.73. The Morgan fingerprint density at radius 3 is 2.78 bits per heavy atom. The van der Waals surface area contributed by atoms with Crippen molar-refractivity contribution in [2.45, 2.75) is 6.92 Å². The fourth-order valence-corrected chi connectivity index (χ4v) is 1.80. The van der Waals surface area contributed by atoms with Gasteiger partial charge in [0.15, 0.2) is 0 Å². The molecule has 1 amide bonds. The van der Waals surface area contributed by atoms with Crippen molar-refractivity contribution >= 4 is 17.5 Å². The topological polar surface area (TPSA) is 49.8 Å². The maximum absolute atomic E-state index is 12.3. The van der Waals surface area contributed by atoms with Gasteiger partial charge in [-0.2, -0.15) is 0 Å². The molecule has 0 bridgehead atoms. The van der Waals surface area contributed by atoms with Gasteiger partial charge >= 0.3 is 0 Å². The largest absolute Gasteiger partial charge is 0.395 e. The molecule has 4 nitrogen and oxygen atoms in total. The van der Waals surface area contributed by atoms with Crippen LogP contribution in [0.3, 0.4) is 0 Å². The molecule has 0 atom stereocenters. The van der Waals surface area contributed by atoms with Gasteiger partial charge in [0.1, 0.15) is 0 Å². The van der Waals surface area contributed by atoms with Crippen LogP contribution in [0.15, 0.2) is 18.2 Å². The minimum atomic E-state index is -0.138. The lowest BCUT2D eigenvalue weighted by Gasteiger charge is -2.22. The maximum Gasteiger partial charge on any atom is 0.254 e. The van der Waals surface area contributed by atoms with Gasteiger partial charge in [0.25, 0.3) is 5.91 Å². The number of amides is 1. The first kappa shape index (κ1) is 15.0. The minimum absolute atomic E-state index is 0.0743. The lowest BCUT2D eigenvalue weighted by atomic mass is 10.1. The summed E-state index contributed by atoms with van der Waals surface area (Å²) < 4.78 is 4.96. The Kier molecular flexibility index (Phi) is 6.12. The van der Waals surface area contributed by atoms with Gasteiger partial charge in [0, 0.05) is 30.8 Å². The average molecular weight is 272 g/mol. The number of halogens is 1. The number of carbonyl (C=O) groups is 1. The van der Waals surface area contributed by atoms with Gasteiger partial charge in [-0.1, -0.05) is 17.7 Å². The number of nitrogens with zero attached hydrogens (tertiary/aromatic N) is 1. The summed E-state index contributed by atoms with van der Waals surface area (Å²) in [5, 5.41) is 9.52. The molecule has 1 rings (SSSR count). The molecule has 1 N–H and O–H groups in total. The van der Waals surface area contributed by atoms with E-state index in [0.29, 0.717) is 23.7 Å². The normalized spacial score (nSPS) is 10.4. The number of rotatable bonds is 6. The summed E-state index contributed by atoms with van der Waals surface area (Å²) in [6.45, 7) is 2.95. The molecule has 0 fully saturated rings. The monoisotopic (exact) mass is 271 g/mol. The van der Waals surface area contributed by atoms with Crippen molar-refractivity contribution in [3.05, 3.63) is 34.3 Å². The number of ether oxygens (including phenoxy) is 1. The molecule has 0 aliphatic heterocycles. The van der Waals surface area contributed by atoms with Crippen LogP contribution in [0.25, 0.3) is 0 Å². The molecule has 0 radical (unpaired) electrons. The second-order valence-electron chi connectivity index (χ2n) is 3.97. The van der Waals surface area contributed by atoms with Gasteiger partial charge in [-0.05, 0) is 24.6 Å². The fraction of sp³-hybridized carbons (Fsp3) is 0.462. The molecule has 1 aromatic rings. The van der Waals surface area contributed by atoms with Crippen LogP contribution >= 0.6 is 11.6 Å². The molecule has 0 saturated heterocycles. The van der Waals surface area contributed by atoms with E-state index in [0.717, 1.165) is 5.56 Å². The third-order valence-corrected chi connectivity index (χ3v) is 2.89. The molecule has 18 heavy (non-hydrogen) atoms. The van der Waals surface area contributed by atoms with Crippen molar-refractivity contribution in [3.8, 4) is 0 Å². The summed E-state index contributed by atoms with van der Waals surface area (Å²) in [4.78, 5) is 13.9. The van der Waals surface area contributed by atoms with E-state index in [1.165, 1.54) is 0 Å². The SMILES string of the molecule is COCCN(CCO)C(=O)c1cc(Cl)ccc1C. The van der Waals surface area contributed by atoms with Gasteiger partial charge < -0.3 is 14.7 Å². The summed E-state index contributed by atoms with van der Waals surface area (Å²) in [5.41, 5.74) is 1.43. The number of aryl methyl sites for hydroxylation is 1. The van der Waals surface area contributed by atoms with E-state index in [-0.39, 0.29) is 19.1 Å². The summed E-state index contributed by atoms with van der Waals surface area (Å²) in [7, 11) is 1.58. The molecule has 5 heteroatoms. The highest BCUT2D eigenvalue weighted by Gasteiger charge is 2.17. The summed E-state index contributed by atoms with van der Waals surface area (Å²) in [6.07, 6.45) is 0. The Morgan fingerprint density at radius 2 is 2.17 bits per heavy atom. The average Bonchev–Trinajstić information content (AvgIpc) is 2.36. The van der Waals surface area contributed by atoms with Crippen LogP contribution in [-0.4, -0.2) is 49.3 Å². The third kappa shape index (κ3) is 3.98. The maximum atomic E-state index is 12.3. The third-order valence-electron chi connectivity index (χ3n) is 2.65. The second-order valence-corrected chi connectivity index (χ2v) is 4.40. The lowest BCUT2D eigenvalue weighted by Crippen LogP contribution is -2.36. The highest BCUT2D eigenvalue weighted by molar-refractivity contribution is 6.31. The van der Waals surface area contributed by atoms with Crippen LogP contribution in [0, 0.1) is 6.92 Å². The molecular weight excluding hydrogens is 254 g/mol. The van der Waals surface area contributed by atoms with E-state index < -0.39 is 0 Å². The zero-order valence-corrected chi connectivity index (χ0v) is 11.4. The van der Waals surface area contributed by atoms with E-state index in [9.17, 15) is 4.79 Å². The van der Waals surface area contributed by atoms with Crippen LogP contribution in [0.1, 0.15) is 15.9 Å². The molecule has 0 aromatic heterocycles. The van der Waals surface area contributed by atoms with Crippen molar-refractivity contribution in [1.29, 1.82) is 0 Å². The number of hydrogen-bond donors (Lipinski definition) is 1. The summed E-state index contributed by atoms with van der Waals surface area (Å²) in [6, 6.07) is 5.21. The molecular formula is C13H18ClNO3. The Balaban J connectivity index is 2.90. The lowest BCUT2D eigenvalue weighted by molar-refractivity contribution is 0.0656. The summed E-state index contributed by atoms with van der Waals surface area (Å²) >= 11 is 5.90. The Morgan fingerprint density at radius 1 is 1.44 bits per heavy atom. The molecule has 0 heterocycles. The quantitative estimate of drug-likeness (QED) is 0.857. The van der Waals surface area contributed by atoms with E-state index in [2.05, 4.69) is 0 Å². The van der Waals surface area contributed by atoms with Gasteiger partial charge in [0.2, 0.25) is 0 Å². The molecule has 0 aliphatic rings. The van der Waals surface area contributed by atoms with E-state index in [1.54, 1.807) is 24.1 Å². The highest BCUT2D eigenvalue weighted by Crippen LogP contribution is 2.17. The predicted molar refractivity (Wildman–Crippen MR) is 71.1 cm³/mol. The fourth-order valence-electron chi connectivity index (χ4n) is 1.63. The highest BCUT2D eigenvalue weighted by atomic mass is 35.5. The first-order chi connectivity index (χ1) is 8.60. The van der Waals surface area contributed by atoms with E-state index >= 15 is 0 Å². The van der Waals surface area contributed by atoms with Gasteiger partial charge in [-0.3, -0.25) is 4.79 Å². The number of aliphatic hydroxyl groups excluding tert-OH is 1. The van der Waals surface area contributed by atoms with Crippen LogP contribution in [0.5, 0.6) is 0 Å². The van der Waals surface area contributed by atoms with Crippen LogP contribution in [0.2, 0.25) is 5.02 Å². The van der Waals surface area contributed by atoms with E-state index in [1.807, 2.05) is 13.0 Å².